The van der Waals surface area contributed by atoms with Crippen LogP contribution in [0.2, 0.25) is 0 Å². The zero-order valence-electron chi connectivity index (χ0n) is 17.7. The predicted octanol–water partition coefficient (Wildman–Crippen LogP) is 5.65. The van der Waals surface area contributed by atoms with E-state index in [1.807, 2.05) is 36.5 Å². The highest BCUT2D eigenvalue weighted by atomic mass is 16.4. The van der Waals surface area contributed by atoms with Gasteiger partial charge in [0.25, 0.3) is 0 Å². The van der Waals surface area contributed by atoms with Gasteiger partial charge in [0, 0.05) is 11.4 Å². The molecule has 2 aliphatic carbocycles. The average Bonchev–Trinajstić information content (AvgIpc) is 2.65. The molecule has 6 nitrogen and oxygen atoms in total. The van der Waals surface area contributed by atoms with Crippen LogP contribution in [-0.4, -0.2) is 22.2 Å². The number of nitrogens with one attached hydrogen (secondary N) is 2. The van der Waals surface area contributed by atoms with Crippen molar-refractivity contribution in [1.29, 1.82) is 0 Å². The topological polar surface area (TPSA) is 98.7 Å². The number of carboxylic acid groups (broad SMARTS) is 2. The predicted molar refractivity (Wildman–Crippen MR) is 119 cm³/mol. The Balaban J connectivity index is 1.95. The van der Waals surface area contributed by atoms with Crippen LogP contribution in [0.4, 0.5) is 11.4 Å². The van der Waals surface area contributed by atoms with Gasteiger partial charge >= 0.3 is 11.9 Å². The first-order valence-electron chi connectivity index (χ1n) is 9.93. The van der Waals surface area contributed by atoms with Gasteiger partial charge in [0.1, 0.15) is 0 Å². The Morgan fingerprint density at radius 1 is 0.767 bits per heavy atom. The van der Waals surface area contributed by atoms with Gasteiger partial charge in [-0.1, -0.05) is 52.0 Å². The molecule has 4 N–H and O–H groups in total. The van der Waals surface area contributed by atoms with Crippen molar-refractivity contribution in [1.82, 2.24) is 0 Å². The summed E-state index contributed by atoms with van der Waals surface area (Å²) < 4.78 is 0. The van der Waals surface area contributed by atoms with E-state index in [0.717, 1.165) is 24.2 Å². The number of benzene rings is 1. The lowest BCUT2D eigenvalue weighted by Crippen LogP contribution is -2.15. The maximum atomic E-state index is 11.9. The van der Waals surface area contributed by atoms with Crippen molar-refractivity contribution in [2.45, 2.75) is 40.5 Å². The Kier molecular flexibility index (Phi) is 5.61. The number of anilines is 2. The Morgan fingerprint density at radius 3 is 1.40 bits per heavy atom. The number of hydrogen-bond donors (Lipinski definition) is 4. The molecule has 0 aromatic heterocycles. The minimum Gasteiger partial charge on any atom is -0.478 e. The Morgan fingerprint density at radius 2 is 1.13 bits per heavy atom. The van der Waals surface area contributed by atoms with Crippen molar-refractivity contribution in [2.75, 3.05) is 10.6 Å². The highest BCUT2D eigenvalue weighted by Gasteiger charge is 2.22. The van der Waals surface area contributed by atoms with Crippen LogP contribution in [0.15, 0.2) is 60.0 Å². The minimum absolute atomic E-state index is 0.00218. The van der Waals surface area contributed by atoms with Crippen LogP contribution in [0.1, 0.15) is 61.3 Å². The highest BCUT2D eigenvalue weighted by molar-refractivity contribution is 6.02. The first-order chi connectivity index (χ1) is 14.0. The molecule has 0 saturated carbocycles. The average molecular weight is 408 g/mol. The fourth-order valence-corrected chi connectivity index (χ4v) is 3.31. The molecule has 158 valence electrons. The molecular formula is C24H28N2O4. The molecule has 0 radical (unpaired) electrons. The highest BCUT2D eigenvalue weighted by Crippen LogP contribution is 2.33. The molecule has 0 amide bonds. The summed E-state index contributed by atoms with van der Waals surface area (Å²) in [5, 5.41) is 25.6. The Hall–Kier alpha value is -3.28. The summed E-state index contributed by atoms with van der Waals surface area (Å²) in [5.74, 6) is -2.26. The summed E-state index contributed by atoms with van der Waals surface area (Å²) in [6.45, 7) is 8.44. The van der Waals surface area contributed by atoms with Gasteiger partial charge in [-0.2, -0.15) is 0 Å². The largest absolute Gasteiger partial charge is 0.478 e. The molecule has 0 saturated heterocycles. The van der Waals surface area contributed by atoms with Gasteiger partial charge < -0.3 is 20.8 Å². The standard InChI is InChI=1S/C24H28N2O4/c1-23(2)9-5-15(6-10-23)25-19-13-18(22(29)30)20(14-17(19)21(27)28)26-16-7-11-24(3,4)12-8-16/h5-9,11,13-14,25-26H,10,12H2,1-4H3,(H,27,28)(H,29,30). The van der Waals surface area contributed by atoms with Crippen molar-refractivity contribution < 1.29 is 19.8 Å². The van der Waals surface area contributed by atoms with Crippen LogP contribution >= 0.6 is 0 Å². The third-order valence-electron chi connectivity index (χ3n) is 5.30. The van der Waals surface area contributed by atoms with E-state index in [9.17, 15) is 19.8 Å². The van der Waals surface area contributed by atoms with E-state index in [2.05, 4.69) is 38.3 Å². The van der Waals surface area contributed by atoms with E-state index >= 15 is 0 Å². The molecule has 0 atom stereocenters. The summed E-state index contributed by atoms with van der Waals surface area (Å²) in [6, 6.07) is 2.75. The smallest absolute Gasteiger partial charge is 0.337 e. The van der Waals surface area contributed by atoms with Crippen molar-refractivity contribution in [2.24, 2.45) is 10.8 Å². The second-order valence-corrected chi connectivity index (χ2v) is 9.17. The summed E-state index contributed by atoms with van der Waals surface area (Å²) in [5.41, 5.74) is 2.06. The number of hydrogen-bond acceptors (Lipinski definition) is 4. The van der Waals surface area contributed by atoms with Gasteiger partial charge in [0.2, 0.25) is 0 Å². The quantitative estimate of drug-likeness (QED) is 0.486. The lowest BCUT2D eigenvalue weighted by Gasteiger charge is -2.25. The van der Waals surface area contributed by atoms with E-state index in [1.165, 1.54) is 12.1 Å². The summed E-state index contributed by atoms with van der Waals surface area (Å²) in [4.78, 5) is 23.8. The van der Waals surface area contributed by atoms with Gasteiger partial charge in [-0.3, -0.25) is 0 Å². The van der Waals surface area contributed by atoms with Gasteiger partial charge in [-0.25, -0.2) is 9.59 Å². The van der Waals surface area contributed by atoms with E-state index in [0.29, 0.717) is 0 Å². The van der Waals surface area contributed by atoms with Gasteiger partial charge in [0.15, 0.2) is 0 Å². The second-order valence-electron chi connectivity index (χ2n) is 9.17. The number of carbonyl (C=O) groups is 2. The number of carboxylic acids is 2. The van der Waals surface area contributed by atoms with E-state index in [-0.39, 0.29) is 33.3 Å². The fourth-order valence-electron chi connectivity index (χ4n) is 3.31. The SMILES string of the molecule is CC1(C)C=CC(Nc2cc(C(=O)O)c(NC3=CCC(C)(C)C=C3)cc2C(=O)O)=CC1. The number of allylic oxidation sites excluding steroid dienone is 6. The maximum absolute atomic E-state index is 11.9. The third kappa shape index (κ3) is 5.00. The molecule has 6 heteroatoms. The first kappa shape index (κ1) is 21.4. The molecule has 0 heterocycles. The van der Waals surface area contributed by atoms with E-state index < -0.39 is 11.9 Å². The molecular weight excluding hydrogens is 380 g/mol. The summed E-state index contributed by atoms with van der Waals surface area (Å²) >= 11 is 0. The minimum atomic E-state index is -1.13. The molecule has 30 heavy (non-hydrogen) atoms. The normalized spacial score (nSPS) is 18.9. The molecule has 0 unspecified atom stereocenters. The van der Waals surface area contributed by atoms with E-state index in [1.54, 1.807) is 0 Å². The van der Waals surface area contributed by atoms with E-state index in [4.69, 9.17) is 0 Å². The number of rotatable bonds is 6. The molecule has 0 aliphatic heterocycles. The molecule has 0 bridgehead atoms. The van der Waals surface area contributed by atoms with Crippen LogP contribution in [-0.2, 0) is 0 Å². The monoisotopic (exact) mass is 408 g/mol. The summed E-state index contributed by atoms with van der Waals surface area (Å²) in [7, 11) is 0. The van der Waals surface area contributed by atoms with Crippen LogP contribution in [0.3, 0.4) is 0 Å². The van der Waals surface area contributed by atoms with Crippen LogP contribution in [0.25, 0.3) is 0 Å². The van der Waals surface area contributed by atoms with Gasteiger partial charge in [-0.05, 0) is 48.0 Å². The van der Waals surface area contributed by atoms with Crippen LogP contribution in [0, 0.1) is 10.8 Å². The molecule has 0 fully saturated rings. The molecule has 3 rings (SSSR count). The van der Waals surface area contributed by atoms with Gasteiger partial charge in [0.05, 0.1) is 22.5 Å². The Bertz CT molecular complexity index is 929. The van der Waals surface area contributed by atoms with Gasteiger partial charge in [-0.15, -0.1) is 0 Å². The number of aromatic carboxylic acids is 2. The second kappa shape index (κ2) is 7.86. The zero-order valence-corrected chi connectivity index (χ0v) is 17.7. The zero-order chi connectivity index (χ0) is 22.1. The van der Waals surface area contributed by atoms with Crippen LogP contribution in [0.5, 0.6) is 0 Å². The van der Waals surface area contributed by atoms with Crippen molar-refractivity contribution in [3.8, 4) is 0 Å². The Labute approximate surface area is 176 Å². The maximum Gasteiger partial charge on any atom is 0.337 e. The van der Waals surface area contributed by atoms with Crippen molar-refractivity contribution in [3.05, 3.63) is 71.1 Å². The molecule has 2 aliphatic rings. The summed E-state index contributed by atoms with van der Waals surface area (Å²) in [6.07, 6.45) is 13.4. The lowest BCUT2D eigenvalue weighted by molar-refractivity contribution is 0.0683. The first-order valence-corrected chi connectivity index (χ1v) is 9.93. The lowest BCUT2D eigenvalue weighted by atomic mass is 9.85. The molecule has 0 spiro atoms. The third-order valence-corrected chi connectivity index (χ3v) is 5.30. The molecule has 1 aromatic carbocycles. The van der Waals surface area contributed by atoms with Crippen molar-refractivity contribution >= 4 is 23.3 Å². The fraction of sp³-hybridized carbons (Fsp3) is 0.333. The van der Waals surface area contributed by atoms with Crippen LogP contribution < -0.4 is 10.6 Å². The van der Waals surface area contributed by atoms with Crippen molar-refractivity contribution in [3.63, 3.8) is 0 Å². The molecule has 1 aromatic rings.